The summed E-state index contributed by atoms with van der Waals surface area (Å²) in [7, 11) is 0. The summed E-state index contributed by atoms with van der Waals surface area (Å²) in [6.07, 6.45) is 2.53. The molecule has 1 unspecified atom stereocenters. The number of nitrogens with zero attached hydrogens (tertiary/aromatic N) is 2. The van der Waals surface area contributed by atoms with Crippen molar-refractivity contribution in [2.24, 2.45) is 16.6 Å². The van der Waals surface area contributed by atoms with Crippen LogP contribution in [-0.4, -0.2) is 23.9 Å². The highest BCUT2D eigenvalue weighted by molar-refractivity contribution is 14.0. The third-order valence-electron chi connectivity index (χ3n) is 3.00. The number of guanidine groups is 1. The molecule has 18 heavy (non-hydrogen) atoms. The Morgan fingerprint density at radius 2 is 2.44 bits per heavy atom. The Morgan fingerprint density at radius 3 is 3.06 bits per heavy atom. The Balaban J connectivity index is 0.00000162. The second-order valence-electron chi connectivity index (χ2n) is 4.60. The van der Waals surface area contributed by atoms with Crippen LogP contribution >= 0.6 is 51.2 Å². The largest absolute Gasteiger partial charge is 0.370 e. The minimum atomic E-state index is 0. The predicted molar refractivity (Wildman–Crippen MR) is 92.7 cm³/mol. The van der Waals surface area contributed by atoms with E-state index < -0.39 is 0 Å². The molecule has 0 amide bonds. The first-order valence-electron chi connectivity index (χ1n) is 5.93. The SMILES string of the molecule is CC1CCCN(C(N)=NCc2cc(Br)cs2)C1.I. The molecule has 1 aromatic heterocycles. The van der Waals surface area contributed by atoms with Gasteiger partial charge in [-0.05, 0) is 40.8 Å². The zero-order valence-corrected chi connectivity index (χ0v) is 15.2. The third-order valence-corrected chi connectivity index (χ3v) is 4.68. The van der Waals surface area contributed by atoms with E-state index in [-0.39, 0.29) is 24.0 Å². The topological polar surface area (TPSA) is 41.6 Å². The quantitative estimate of drug-likeness (QED) is 0.430. The van der Waals surface area contributed by atoms with Gasteiger partial charge in [-0.2, -0.15) is 0 Å². The minimum Gasteiger partial charge on any atom is -0.370 e. The lowest BCUT2D eigenvalue weighted by Gasteiger charge is -2.31. The van der Waals surface area contributed by atoms with Gasteiger partial charge < -0.3 is 10.6 Å². The van der Waals surface area contributed by atoms with Crippen molar-refractivity contribution in [3.63, 3.8) is 0 Å². The summed E-state index contributed by atoms with van der Waals surface area (Å²) in [5, 5.41) is 2.07. The van der Waals surface area contributed by atoms with E-state index >= 15 is 0 Å². The van der Waals surface area contributed by atoms with Crippen LogP contribution in [-0.2, 0) is 6.54 Å². The second-order valence-corrected chi connectivity index (χ2v) is 6.51. The summed E-state index contributed by atoms with van der Waals surface area (Å²) in [6.45, 7) is 5.06. The van der Waals surface area contributed by atoms with E-state index in [0.717, 1.165) is 23.5 Å². The van der Waals surface area contributed by atoms with Gasteiger partial charge in [0.2, 0.25) is 0 Å². The molecule has 2 N–H and O–H groups in total. The van der Waals surface area contributed by atoms with Crippen LogP contribution < -0.4 is 5.73 Å². The highest BCUT2D eigenvalue weighted by Gasteiger charge is 2.17. The molecule has 1 aromatic rings. The second kappa shape index (κ2) is 7.69. The van der Waals surface area contributed by atoms with Gasteiger partial charge in [0.25, 0.3) is 0 Å². The molecule has 6 heteroatoms. The van der Waals surface area contributed by atoms with Gasteiger partial charge in [-0.1, -0.05) is 6.92 Å². The fourth-order valence-corrected chi connectivity index (χ4v) is 3.47. The molecule has 1 atom stereocenters. The molecule has 102 valence electrons. The number of hydrogen-bond donors (Lipinski definition) is 1. The molecule has 0 bridgehead atoms. The van der Waals surface area contributed by atoms with Crippen molar-refractivity contribution < 1.29 is 0 Å². The molecule has 0 aliphatic carbocycles. The maximum Gasteiger partial charge on any atom is 0.191 e. The number of likely N-dealkylation sites (tertiary alicyclic amines) is 1. The van der Waals surface area contributed by atoms with Gasteiger partial charge in [0.05, 0.1) is 6.54 Å². The molecule has 0 saturated carbocycles. The summed E-state index contributed by atoms with van der Waals surface area (Å²) in [5.41, 5.74) is 6.03. The van der Waals surface area contributed by atoms with Crippen LogP contribution in [0, 0.1) is 5.92 Å². The number of nitrogens with two attached hydrogens (primary N) is 1. The lowest BCUT2D eigenvalue weighted by atomic mass is 10.0. The zero-order valence-electron chi connectivity index (χ0n) is 10.4. The van der Waals surface area contributed by atoms with Crippen LogP contribution in [0.25, 0.3) is 0 Å². The molecule has 2 heterocycles. The van der Waals surface area contributed by atoms with Gasteiger partial charge in [-0.3, -0.25) is 0 Å². The number of piperidine rings is 1. The van der Waals surface area contributed by atoms with E-state index in [1.807, 2.05) is 0 Å². The maximum absolute atomic E-state index is 6.03. The fourth-order valence-electron chi connectivity index (χ4n) is 2.09. The Morgan fingerprint density at radius 1 is 1.67 bits per heavy atom. The fraction of sp³-hybridized carbons (Fsp3) is 0.583. The van der Waals surface area contributed by atoms with Crippen LogP contribution in [0.2, 0.25) is 0 Å². The monoisotopic (exact) mass is 443 g/mol. The van der Waals surface area contributed by atoms with E-state index in [9.17, 15) is 0 Å². The first-order valence-corrected chi connectivity index (χ1v) is 7.60. The molecule has 1 aliphatic rings. The van der Waals surface area contributed by atoms with Crippen molar-refractivity contribution in [1.82, 2.24) is 4.90 Å². The van der Waals surface area contributed by atoms with Crippen molar-refractivity contribution >= 4 is 57.2 Å². The van der Waals surface area contributed by atoms with Crippen LogP contribution in [0.3, 0.4) is 0 Å². The number of halogens is 2. The standard InChI is InChI=1S/C12H18BrN3S.HI/c1-9-3-2-4-16(7-9)12(14)15-6-11-5-10(13)8-17-11;/h5,8-9H,2-4,6-7H2,1H3,(H2,14,15);1H. The summed E-state index contributed by atoms with van der Waals surface area (Å²) in [4.78, 5) is 7.92. The zero-order chi connectivity index (χ0) is 12.3. The summed E-state index contributed by atoms with van der Waals surface area (Å²) in [5.74, 6) is 1.43. The molecule has 0 aromatic carbocycles. The van der Waals surface area contributed by atoms with Crippen LogP contribution in [0.5, 0.6) is 0 Å². The summed E-state index contributed by atoms with van der Waals surface area (Å²) in [6, 6.07) is 2.10. The molecular weight excluding hydrogens is 425 g/mol. The Hall–Kier alpha value is 0.180. The van der Waals surface area contributed by atoms with Crippen LogP contribution in [0.1, 0.15) is 24.6 Å². The lowest BCUT2D eigenvalue weighted by molar-refractivity contribution is 0.270. The molecule has 1 fully saturated rings. The van der Waals surface area contributed by atoms with Gasteiger partial charge in [-0.25, -0.2) is 4.99 Å². The van der Waals surface area contributed by atoms with Crippen LogP contribution in [0.15, 0.2) is 20.9 Å². The summed E-state index contributed by atoms with van der Waals surface area (Å²) < 4.78 is 1.12. The van der Waals surface area contributed by atoms with Crippen molar-refractivity contribution in [3.05, 3.63) is 20.8 Å². The normalized spacial score (nSPS) is 20.7. The smallest absolute Gasteiger partial charge is 0.191 e. The van der Waals surface area contributed by atoms with E-state index in [1.165, 1.54) is 17.7 Å². The first kappa shape index (κ1) is 16.2. The molecule has 2 rings (SSSR count). The molecule has 3 nitrogen and oxygen atoms in total. The highest BCUT2D eigenvalue weighted by atomic mass is 127. The van der Waals surface area contributed by atoms with Gasteiger partial charge in [0, 0.05) is 27.8 Å². The minimum absolute atomic E-state index is 0. The number of aliphatic imine (C=N–C) groups is 1. The first-order chi connectivity index (χ1) is 8.15. The molecule has 1 aliphatic heterocycles. The van der Waals surface area contributed by atoms with Crippen molar-refractivity contribution in [2.45, 2.75) is 26.3 Å². The Labute approximate surface area is 138 Å². The van der Waals surface area contributed by atoms with E-state index in [0.29, 0.717) is 12.5 Å². The highest BCUT2D eigenvalue weighted by Crippen LogP contribution is 2.20. The third kappa shape index (κ3) is 4.70. The van der Waals surface area contributed by atoms with Gasteiger partial charge in [0.15, 0.2) is 5.96 Å². The van der Waals surface area contributed by atoms with E-state index in [1.54, 1.807) is 11.3 Å². The van der Waals surface area contributed by atoms with Gasteiger partial charge in [0.1, 0.15) is 0 Å². The Kier molecular flexibility index (Phi) is 6.94. The molecule has 1 saturated heterocycles. The maximum atomic E-state index is 6.03. The predicted octanol–water partition coefficient (Wildman–Crippen LogP) is 3.68. The van der Waals surface area contributed by atoms with Crippen molar-refractivity contribution in [3.8, 4) is 0 Å². The Bertz CT molecular complexity index is 408. The number of thiophene rings is 1. The average Bonchev–Trinajstić information content (AvgIpc) is 2.72. The van der Waals surface area contributed by atoms with E-state index in [4.69, 9.17) is 5.73 Å². The van der Waals surface area contributed by atoms with Crippen LogP contribution in [0.4, 0.5) is 0 Å². The molecule has 0 spiro atoms. The van der Waals surface area contributed by atoms with E-state index in [2.05, 4.69) is 44.2 Å². The number of rotatable bonds is 2. The summed E-state index contributed by atoms with van der Waals surface area (Å²) >= 11 is 5.15. The average molecular weight is 444 g/mol. The van der Waals surface area contributed by atoms with Crippen molar-refractivity contribution in [1.29, 1.82) is 0 Å². The molecular formula is C12H19BrIN3S. The number of hydrogen-bond acceptors (Lipinski definition) is 2. The lowest BCUT2D eigenvalue weighted by Crippen LogP contribution is -2.43. The van der Waals surface area contributed by atoms with Crippen molar-refractivity contribution in [2.75, 3.05) is 13.1 Å². The van der Waals surface area contributed by atoms with Gasteiger partial charge in [-0.15, -0.1) is 35.3 Å². The van der Waals surface area contributed by atoms with Gasteiger partial charge >= 0.3 is 0 Å². The molecule has 0 radical (unpaired) electrons.